The van der Waals surface area contributed by atoms with Crippen molar-refractivity contribution in [1.82, 2.24) is 9.13 Å². The van der Waals surface area contributed by atoms with Gasteiger partial charge in [-0.15, -0.1) is 0 Å². The average Bonchev–Trinajstić information content (AvgIpc) is 3.76. The lowest BCUT2D eigenvalue weighted by Gasteiger charge is -2.16. The summed E-state index contributed by atoms with van der Waals surface area (Å²) in [6.07, 6.45) is 0. The van der Waals surface area contributed by atoms with E-state index in [9.17, 15) is 0 Å². The second-order valence-electron chi connectivity index (χ2n) is 11.7. The molecule has 3 aromatic heterocycles. The Bertz CT molecular complexity index is 2760. The smallest absolute Gasteiger partial charge is 0.135 e. The fourth-order valence-electron chi connectivity index (χ4n) is 7.40. The maximum atomic E-state index is 6.19. The Morgan fingerprint density at radius 3 is 1.73 bits per heavy atom. The van der Waals surface area contributed by atoms with Gasteiger partial charge in [-0.2, -0.15) is 0 Å². The van der Waals surface area contributed by atoms with Gasteiger partial charge < -0.3 is 13.6 Å². The third-order valence-corrected chi connectivity index (χ3v) is 9.32. The molecule has 10 aromatic rings. The minimum absolute atomic E-state index is 0.906. The first-order chi connectivity index (χ1) is 22.3. The number of rotatable bonds is 3. The van der Waals surface area contributed by atoms with Gasteiger partial charge in [-0.1, -0.05) is 109 Å². The van der Waals surface area contributed by atoms with Crippen molar-refractivity contribution in [3.8, 4) is 22.5 Å². The fraction of sp³-hybridized carbons (Fsp3) is 0. The minimum Gasteiger partial charge on any atom is -0.456 e. The first-order valence-corrected chi connectivity index (χ1v) is 15.4. The highest BCUT2D eigenvalue weighted by molar-refractivity contribution is 6.24. The topological polar surface area (TPSA) is 23.0 Å². The van der Waals surface area contributed by atoms with Crippen molar-refractivity contribution in [1.29, 1.82) is 0 Å². The summed E-state index contributed by atoms with van der Waals surface area (Å²) in [7, 11) is 0. The third-order valence-electron chi connectivity index (χ3n) is 9.32. The van der Waals surface area contributed by atoms with E-state index in [4.69, 9.17) is 4.42 Å². The number of fused-ring (bicyclic) bond motifs is 10. The van der Waals surface area contributed by atoms with E-state index in [1.807, 2.05) is 12.1 Å². The molecule has 7 aromatic carbocycles. The highest BCUT2D eigenvalue weighted by Crippen LogP contribution is 2.43. The normalized spacial score (nSPS) is 12.0. The van der Waals surface area contributed by atoms with Crippen LogP contribution in [0.2, 0.25) is 0 Å². The van der Waals surface area contributed by atoms with E-state index < -0.39 is 0 Å². The van der Waals surface area contributed by atoms with E-state index in [1.165, 1.54) is 49.2 Å². The van der Waals surface area contributed by atoms with Crippen LogP contribution in [0.1, 0.15) is 0 Å². The molecule has 0 atom stereocenters. The molecular weight excluding hydrogens is 548 g/mol. The monoisotopic (exact) mass is 574 g/mol. The lowest BCUT2D eigenvalue weighted by molar-refractivity contribution is 0.669. The minimum atomic E-state index is 0.906. The van der Waals surface area contributed by atoms with Gasteiger partial charge in [-0.05, 0) is 54.1 Å². The number of aromatic nitrogens is 2. The molecule has 0 bridgehead atoms. The van der Waals surface area contributed by atoms with Crippen LogP contribution in [0, 0.1) is 0 Å². The Balaban J connectivity index is 1.36. The number of hydrogen-bond donors (Lipinski definition) is 0. The maximum absolute atomic E-state index is 6.19. The van der Waals surface area contributed by atoms with Gasteiger partial charge in [0.05, 0.1) is 27.8 Å². The van der Waals surface area contributed by atoms with Crippen molar-refractivity contribution in [3.05, 3.63) is 158 Å². The molecule has 0 N–H and O–H groups in total. The van der Waals surface area contributed by atoms with Gasteiger partial charge in [0, 0.05) is 43.6 Å². The molecule has 3 nitrogen and oxygen atoms in total. The van der Waals surface area contributed by atoms with Gasteiger partial charge in [0.25, 0.3) is 0 Å². The quantitative estimate of drug-likeness (QED) is 0.206. The molecular formula is C42H26N2O. The molecule has 45 heavy (non-hydrogen) atoms. The van der Waals surface area contributed by atoms with Gasteiger partial charge in [0.1, 0.15) is 11.2 Å². The second kappa shape index (κ2) is 9.22. The van der Waals surface area contributed by atoms with Crippen LogP contribution in [0.3, 0.4) is 0 Å². The van der Waals surface area contributed by atoms with E-state index in [0.29, 0.717) is 0 Å². The van der Waals surface area contributed by atoms with Crippen LogP contribution in [-0.2, 0) is 0 Å². The van der Waals surface area contributed by atoms with Gasteiger partial charge in [-0.3, -0.25) is 0 Å². The fourth-order valence-corrected chi connectivity index (χ4v) is 7.40. The van der Waals surface area contributed by atoms with E-state index in [2.05, 4.69) is 155 Å². The number of nitrogens with zero attached hydrogens (tertiary/aromatic N) is 2. The Morgan fingerprint density at radius 2 is 0.956 bits per heavy atom. The zero-order chi connectivity index (χ0) is 29.5. The van der Waals surface area contributed by atoms with Crippen molar-refractivity contribution in [2.45, 2.75) is 0 Å². The molecule has 0 aliphatic heterocycles. The van der Waals surface area contributed by atoms with E-state index in [-0.39, 0.29) is 0 Å². The number of furan rings is 1. The summed E-state index contributed by atoms with van der Waals surface area (Å²) < 4.78 is 11.1. The largest absolute Gasteiger partial charge is 0.456 e. The third kappa shape index (κ3) is 3.41. The van der Waals surface area contributed by atoms with Crippen LogP contribution in [-0.4, -0.2) is 9.13 Å². The predicted molar refractivity (Wildman–Crippen MR) is 188 cm³/mol. The number of benzene rings is 7. The molecule has 0 saturated heterocycles. The van der Waals surface area contributed by atoms with E-state index >= 15 is 0 Å². The first-order valence-electron chi connectivity index (χ1n) is 15.4. The zero-order valence-corrected chi connectivity index (χ0v) is 24.3. The van der Waals surface area contributed by atoms with Crippen LogP contribution < -0.4 is 0 Å². The van der Waals surface area contributed by atoms with Crippen LogP contribution in [0.4, 0.5) is 0 Å². The lowest BCUT2D eigenvalue weighted by Crippen LogP contribution is -2.00. The molecule has 0 saturated carbocycles. The van der Waals surface area contributed by atoms with Gasteiger partial charge >= 0.3 is 0 Å². The van der Waals surface area contributed by atoms with Crippen molar-refractivity contribution in [2.75, 3.05) is 0 Å². The molecule has 0 aliphatic carbocycles. The van der Waals surface area contributed by atoms with E-state index in [1.54, 1.807) is 0 Å². The highest BCUT2D eigenvalue weighted by Gasteiger charge is 2.22. The summed E-state index contributed by atoms with van der Waals surface area (Å²) in [5.41, 5.74) is 11.3. The Kier molecular flexibility index (Phi) is 5.00. The maximum Gasteiger partial charge on any atom is 0.135 e. The molecule has 0 unspecified atom stereocenters. The van der Waals surface area contributed by atoms with Crippen LogP contribution in [0.15, 0.2) is 162 Å². The van der Waals surface area contributed by atoms with Gasteiger partial charge in [0.15, 0.2) is 0 Å². The summed E-state index contributed by atoms with van der Waals surface area (Å²) in [5, 5.41) is 7.24. The first kappa shape index (κ1) is 24.4. The van der Waals surface area contributed by atoms with Crippen molar-refractivity contribution in [3.63, 3.8) is 0 Å². The summed E-state index contributed by atoms with van der Waals surface area (Å²) >= 11 is 0. The summed E-state index contributed by atoms with van der Waals surface area (Å²) in [5.74, 6) is 0. The Morgan fingerprint density at radius 1 is 0.378 bits per heavy atom. The highest BCUT2D eigenvalue weighted by atomic mass is 16.3. The molecule has 210 valence electrons. The van der Waals surface area contributed by atoms with Gasteiger partial charge in [0.2, 0.25) is 0 Å². The zero-order valence-electron chi connectivity index (χ0n) is 24.3. The Labute approximate surface area is 258 Å². The molecule has 0 spiro atoms. The van der Waals surface area contributed by atoms with Gasteiger partial charge in [-0.25, -0.2) is 0 Å². The molecule has 10 rings (SSSR count). The number of hydrogen-bond acceptors (Lipinski definition) is 1. The summed E-state index contributed by atoms with van der Waals surface area (Å²) in [6, 6.07) is 56.6. The number of para-hydroxylation sites is 5. The second-order valence-corrected chi connectivity index (χ2v) is 11.7. The summed E-state index contributed by atoms with van der Waals surface area (Å²) in [6.45, 7) is 0. The molecule has 3 heteroatoms. The molecule has 3 heterocycles. The molecule has 0 fully saturated rings. The summed E-state index contributed by atoms with van der Waals surface area (Å²) in [4.78, 5) is 0. The Hall–Kier alpha value is -6.06. The predicted octanol–water partition coefficient (Wildman–Crippen LogP) is 11.4. The lowest BCUT2D eigenvalue weighted by atomic mass is 10.0. The van der Waals surface area contributed by atoms with Crippen molar-refractivity contribution in [2.24, 2.45) is 0 Å². The van der Waals surface area contributed by atoms with Crippen molar-refractivity contribution < 1.29 is 4.42 Å². The van der Waals surface area contributed by atoms with Crippen molar-refractivity contribution >= 4 is 65.6 Å². The standard InChI is InChI=1S/C42H26N2O/c1-2-12-28(13-3-1)43-37-19-9-5-15-30(37)33-23-24-34-31-16-6-10-20-38(31)44(42(34)41(33)43)36-18-8-4-14-29(36)27-22-25-40-35(26-27)32-17-7-11-21-39(32)45-40/h1-26H. The van der Waals surface area contributed by atoms with Crippen LogP contribution >= 0.6 is 0 Å². The SMILES string of the molecule is c1ccc(-n2c3ccccc3c3ccc4c5ccccc5n(-c5ccccc5-c5ccc6oc7ccccc7c6c5)c4c32)cc1. The average molecular weight is 575 g/mol. The van der Waals surface area contributed by atoms with E-state index in [0.717, 1.165) is 38.9 Å². The molecule has 0 aliphatic rings. The molecule has 0 amide bonds. The van der Waals surface area contributed by atoms with Crippen LogP contribution in [0.25, 0.3) is 88.1 Å². The van der Waals surface area contributed by atoms with Crippen LogP contribution in [0.5, 0.6) is 0 Å². The molecule has 0 radical (unpaired) electrons.